The second-order valence-electron chi connectivity index (χ2n) is 6.70. The lowest BCUT2D eigenvalue weighted by Gasteiger charge is -2.26. The molecule has 1 aliphatic rings. The van der Waals surface area contributed by atoms with Crippen LogP contribution in [0.15, 0.2) is 48.5 Å². The Labute approximate surface area is 161 Å². The summed E-state index contributed by atoms with van der Waals surface area (Å²) in [6, 6.07) is 12.7. The zero-order valence-corrected chi connectivity index (χ0v) is 15.3. The lowest BCUT2D eigenvalue weighted by molar-refractivity contribution is -0.139. The predicted octanol–water partition coefficient (Wildman–Crippen LogP) is 2.47. The Morgan fingerprint density at radius 3 is 2.74 bits per heavy atom. The van der Waals surface area contributed by atoms with E-state index >= 15 is 0 Å². The molecule has 2 aromatic carbocycles. The molecule has 142 valence electrons. The average Bonchev–Trinajstić information content (AvgIpc) is 3.04. The van der Waals surface area contributed by atoms with Crippen LogP contribution in [0.4, 0.5) is 4.39 Å². The van der Waals surface area contributed by atoms with E-state index in [0.29, 0.717) is 12.1 Å². The normalized spacial score (nSPS) is 21.0. The van der Waals surface area contributed by atoms with Crippen molar-refractivity contribution < 1.29 is 19.1 Å². The highest BCUT2D eigenvalue weighted by Crippen LogP contribution is 2.29. The molecule has 1 fully saturated rings. The second-order valence-corrected chi connectivity index (χ2v) is 7.14. The van der Waals surface area contributed by atoms with Crippen LogP contribution >= 0.6 is 11.6 Å². The molecule has 1 heterocycles. The predicted molar refractivity (Wildman–Crippen MR) is 99.6 cm³/mol. The van der Waals surface area contributed by atoms with Gasteiger partial charge in [0.1, 0.15) is 12.1 Å². The van der Waals surface area contributed by atoms with Gasteiger partial charge in [-0.05, 0) is 35.7 Å². The number of nitrogens with zero attached hydrogens (tertiary/aromatic N) is 1. The maximum absolute atomic E-state index is 13.4. The Hall–Kier alpha value is -2.28. The van der Waals surface area contributed by atoms with Crippen LogP contribution in [0.5, 0.6) is 0 Å². The van der Waals surface area contributed by atoms with Gasteiger partial charge in [-0.3, -0.25) is 9.69 Å². The first-order chi connectivity index (χ1) is 12.9. The van der Waals surface area contributed by atoms with Gasteiger partial charge < -0.3 is 15.2 Å². The van der Waals surface area contributed by atoms with Crippen molar-refractivity contribution in [2.75, 3.05) is 13.1 Å². The molecule has 2 aromatic rings. The minimum absolute atomic E-state index is 0.0427. The van der Waals surface area contributed by atoms with Crippen LogP contribution in [0, 0.1) is 5.82 Å². The number of nitrogens with one attached hydrogen (secondary N) is 1. The molecule has 1 saturated heterocycles. The van der Waals surface area contributed by atoms with E-state index in [1.54, 1.807) is 11.0 Å². The number of benzene rings is 2. The van der Waals surface area contributed by atoms with E-state index in [9.17, 15) is 19.1 Å². The number of carbonyl (C=O) groups is 2. The van der Waals surface area contributed by atoms with E-state index in [-0.39, 0.29) is 24.5 Å². The molecule has 1 amide bonds. The maximum Gasteiger partial charge on any atom is 0.253 e. The van der Waals surface area contributed by atoms with E-state index in [1.807, 2.05) is 30.3 Å². The van der Waals surface area contributed by atoms with Gasteiger partial charge in [0.25, 0.3) is 5.91 Å². The molecule has 0 saturated carbocycles. The number of amides is 1. The van der Waals surface area contributed by atoms with Gasteiger partial charge in [0.05, 0.1) is 6.04 Å². The van der Waals surface area contributed by atoms with Crippen molar-refractivity contribution in [3.8, 4) is 0 Å². The van der Waals surface area contributed by atoms with Crippen molar-refractivity contribution in [3.05, 3.63) is 70.5 Å². The Balaban J connectivity index is 1.64. The molecule has 3 rings (SSSR count). The average molecular weight is 391 g/mol. The summed E-state index contributed by atoms with van der Waals surface area (Å²) in [6.45, 7) is 0.503. The van der Waals surface area contributed by atoms with Gasteiger partial charge in [0.2, 0.25) is 0 Å². The zero-order valence-electron chi connectivity index (χ0n) is 14.6. The quantitative estimate of drug-likeness (QED) is 0.743. The molecule has 0 aliphatic carbocycles. The topological polar surface area (TPSA) is 69.6 Å². The maximum atomic E-state index is 13.4. The van der Waals surface area contributed by atoms with Crippen molar-refractivity contribution in [2.45, 2.75) is 24.6 Å². The molecule has 0 spiro atoms. The summed E-state index contributed by atoms with van der Waals surface area (Å²) in [6.07, 6.45) is 1.02. The summed E-state index contributed by atoms with van der Waals surface area (Å²) in [5, 5.41) is 13.6. The number of carbonyl (C=O) groups excluding carboxylic acids is 2. The van der Waals surface area contributed by atoms with Crippen LogP contribution in [-0.2, 0) is 16.1 Å². The summed E-state index contributed by atoms with van der Waals surface area (Å²) < 4.78 is 13.4. The summed E-state index contributed by atoms with van der Waals surface area (Å²) in [5.41, 5.74) is -0.291. The van der Waals surface area contributed by atoms with Gasteiger partial charge in [-0.1, -0.05) is 41.9 Å². The van der Waals surface area contributed by atoms with Crippen molar-refractivity contribution in [1.29, 1.82) is 0 Å². The molecule has 5 nitrogen and oxygen atoms in total. The SMILES string of the molecule is O=CC(c1ccccc1)N1CC[C@](O)(C(=O)NCc2cc(F)cc(Cl)c2)C1. The molecule has 0 aromatic heterocycles. The highest BCUT2D eigenvalue weighted by molar-refractivity contribution is 6.30. The number of β-amino-alcohol motifs (C(OH)–C–C–N with tert-alkyl or cyclic N) is 1. The smallest absolute Gasteiger partial charge is 0.253 e. The molecule has 7 heteroatoms. The Kier molecular flexibility index (Phi) is 5.89. The number of halogens is 2. The third kappa shape index (κ3) is 4.53. The van der Waals surface area contributed by atoms with Crippen molar-refractivity contribution >= 4 is 23.8 Å². The van der Waals surface area contributed by atoms with Gasteiger partial charge in [-0.15, -0.1) is 0 Å². The highest BCUT2D eigenvalue weighted by atomic mass is 35.5. The van der Waals surface area contributed by atoms with E-state index < -0.39 is 23.4 Å². The number of likely N-dealkylation sites (tertiary alicyclic amines) is 1. The van der Waals surface area contributed by atoms with Gasteiger partial charge in [-0.25, -0.2) is 4.39 Å². The fourth-order valence-electron chi connectivity index (χ4n) is 3.33. The van der Waals surface area contributed by atoms with Crippen LogP contribution in [0.2, 0.25) is 5.02 Å². The van der Waals surface area contributed by atoms with Crippen LogP contribution in [-0.4, -0.2) is 40.9 Å². The number of rotatable bonds is 6. The van der Waals surface area contributed by atoms with Gasteiger partial charge >= 0.3 is 0 Å². The number of aliphatic hydroxyl groups is 1. The third-order valence-electron chi connectivity index (χ3n) is 4.74. The third-order valence-corrected chi connectivity index (χ3v) is 4.96. The fourth-order valence-corrected chi connectivity index (χ4v) is 3.58. The first-order valence-electron chi connectivity index (χ1n) is 8.61. The summed E-state index contributed by atoms with van der Waals surface area (Å²) in [5.74, 6) is -1.04. The first kappa shape index (κ1) is 19.5. The largest absolute Gasteiger partial charge is 0.379 e. The minimum atomic E-state index is -1.60. The van der Waals surface area contributed by atoms with E-state index in [1.165, 1.54) is 12.1 Å². The highest BCUT2D eigenvalue weighted by Gasteiger charge is 2.44. The Morgan fingerprint density at radius 2 is 2.07 bits per heavy atom. The van der Waals surface area contributed by atoms with E-state index in [0.717, 1.165) is 11.8 Å². The molecule has 0 radical (unpaired) electrons. The Morgan fingerprint density at radius 1 is 1.33 bits per heavy atom. The number of hydrogen-bond donors (Lipinski definition) is 2. The van der Waals surface area contributed by atoms with Crippen molar-refractivity contribution in [2.24, 2.45) is 0 Å². The van der Waals surface area contributed by atoms with Crippen molar-refractivity contribution in [1.82, 2.24) is 10.2 Å². The molecule has 2 atom stereocenters. The summed E-state index contributed by atoms with van der Waals surface area (Å²) in [7, 11) is 0. The van der Waals surface area contributed by atoms with Crippen LogP contribution < -0.4 is 5.32 Å². The lowest BCUT2D eigenvalue weighted by Crippen LogP contribution is -2.48. The van der Waals surface area contributed by atoms with E-state index in [2.05, 4.69) is 5.32 Å². The summed E-state index contributed by atoms with van der Waals surface area (Å²) in [4.78, 5) is 25.9. The first-order valence-corrected chi connectivity index (χ1v) is 8.99. The fraction of sp³-hybridized carbons (Fsp3) is 0.300. The van der Waals surface area contributed by atoms with Crippen LogP contribution in [0.1, 0.15) is 23.6 Å². The molecule has 2 N–H and O–H groups in total. The zero-order chi connectivity index (χ0) is 19.4. The lowest BCUT2D eigenvalue weighted by atomic mass is 10.0. The van der Waals surface area contributed by atoms with E-state index in [4.69, 9.17) is 11.6 Å². The molecular formula is C20H20ClFN2O3. The minimum Gasteiger partial charge on any atom is -0.379 e. The second kappa shape index (κ2) is 8.17. The Bertz CT molecular complexity index is 813. The molecule has 27 heavy (non-hydrogen) atoms. The number of aldehydes is 1. The summed E-state index contributed by atoms with van der Waals surface area (Å²) >= 11 is 5.81. The van der Waals surface area contributed by atoms with Crippen LogP contribution in [0.25, 0.3) is 0 Å². The molecular weight excluding hydrogens is 371 g/mol. The van der Waals surface area contributed by atoms with Crippen molar-refractivity contribution in [3.63, 3.8) is 0 Å². The van der Waals surface area contributed by atoms with Gasteiger partial charge in [0.15, 0.2) is 5.60 Å². The molecule has 0 bridgehead atoms. The molecule has 1 aliphatic heterocycles. The van der Waals surface area contributed by atoms with Gasteiger partial charge in [-0.2, -0.15) is 0 Å². The number of hydrogen-bond acceptors (Lipinski definition) is 4. The van der Waals surface area contributed by atoms with Gasteiger partial charge in [0, 0.05) is 24.7 Å². The standard InChI is InChI=1S/C20H20ClFN2O3/c21-16-8-14(9-17(22)10-16)11-23-19(26)20(27)6-7-24(13-20)18(12-25)15-4-2-1-3-5-15/h1-5,8-10,12,18,27H,6-7,11,13H2,(H,23,26)/t18?,20-/m1/s1. The monoisotopic (exact) mass is 390 g/mol. The molecule has 1 unspecified atom stereocenters. The van der Waals surface area contributed by atoms with Crippen LogP contribution in [0.3, 0.4) is 0 Å².